The smallest absolute Gasteiger partial charge is 0.165 e. The third-order valence-corrected chi connectivity index (χ3v) is 2.28. The van der Waals surface area contributed by atoms with E-state index >= 15 is 0 Å². The van der Waals surface area contributed by atoms with Crippen molar-refractivity contribution in [3.8, 4) is 5.75 Å². The molecule has 1 aromatic carbocycles. The van der Waals surface area contributed by atoms with Crippen LogP contribution in [0.15, 0.2) is 18.2 Å². The van der Waals surface area contributed by atoms with E-state index in [9.17, 15) is 9.18 Å². The lowest BCUT2D eigenvalue weighted by atomic mass is 10.1. The number of benzene rings is 1. The summed E-state index contributed by atoms with van der Waals surface area (Å²) in [5.74, 6) is -0.409. The topological polar surface area (TPSA) is 35.5 Å². The summed E-state index contributed by atoms with van der Waals surface area (Å²) in [6.45, 7) is 2.60. The van der Waals surface area contributed by atoms with Crippen molar-refractivity contribution in [2.45, 2.75) is 19.8 Å². The molecule has 0 radical (unpaired) electrons. The second-order valence-corrected chi connectivity index (χ2v) is 3.66. The van der Waals surface area contributed by atoms with E-state index in [4.69, 9.17) is 9.47 Å². The predicted molar refractivity (Wildman–Crippen MR) is 63.0 cm³/mol. The molecule has 0 saturated carbocycles. The van der Waals surface area contributed by atoms with Gasteiger partial charge in [0, 0.05) is 19.1 Å². The number of carbonyl (C=O) groups excluding carboxylic acids is 1. The summed E-state index contributed by atoms with van der Waals surface area (Å²) in [6.07, 6.45) is 1.19. The van der Waals surface area contributed by atoms with Gasteiger partial charge in [-0.2, -0.15) is 0 Å². The molecule has 0 heterocycles. The Balaban J connectivity index is 2.68. The lowest BCUT2D eigenvalue weighted by Crippen LogP contribution is -2.06. The fourth-order valence-electron chi connectivity index (χ4n) is 1.40. The third kappa shape index (κ3) is 4.15. The van der Waals surface area contributed by atoms with Crippen LogP contribution in [0, 0.1) is 5.82 Å². The predicted octanol–water partition coefficient (Wildman–Crippen LogP) is 2.83. The van der Waals surface area contributed by atoms with Crippen molar-refractivity contribution in [3.05, 3.63) is 29.6 Å². The van der Waals surface area contributed by atoms with E-state index in [0.717, 1.165) is 6.42 Å². The number of ketones is 1. The molecule has 3 nitrogen and oxygen atoms in total. The van der Waals surface area contributed by atoms with Gasteiger partial charge in [-0.25, -0.2) is 4.39 Å². The van der Waals surface area contributed by atoms with Crippen LogP contribution in [0.3, 0.4) is 0 Å². The molecule has 0 fully saturated rings. The van der Waals surface area contributed by atoms with Crippen molar-refractivity contribution in [2.75, 3.05) is 20.3 Å². The second kappa shape index (κ2) is 7.01. The molecule has 0 aliphatic carbocycles. The minimum absolute atomic E-state index is 0.0464. The number of Topliss-reactive ketones (excluding diaryl/α,β-unsaturated/α-hetero) is 1. The number of hydrogen-bond acceptors (Lipinski definition) is 3. The van der Waals surface area contributed by atoms with Crippen molar-refractivity contribution in [3.63, 3.8) is 0 Å². The van der Waals surface area contributed by atoms with E-state index in [1.165, 1.54) is 12.1 Å². The second-order valence-electron chi connectivity index (χ2n) is 3.66. The number of rotatable bonds is 7. The van der Waals surface area contributed by atoms with Gasteiger partial charge in [-0.1, -0.05) is 6.92 Å². The van der Waals surface area contributed by atoms with Gasteiger partial charge in [0.25, 0.3) is 0 Å². The van der Waals surface area contributed by atoms with Crippen LogP contribution >= 0.6 is 0 Å². The van der Waals surface area contributed by atoms with Gasteiger partial charge in [0.2, 0.25) is 0 Å². The molecule has 0 spiro atoms. The summed E-state index contributed by atoms with van der Waals surface area (Å²) in [5.41, 5.74) is 0.392. The molecule has 0 saturated heterocycles. The van der Waals surface area contributed by atoms with E-state index in [-0.39, 0.29) is 18.1 Å². The highest BCUT2D eigenvalue weighted by Crippen LogP contribution is 2.19. The number of carbonyl (C=O) groups is 1. The zero-order chi connectivity index (χ0) is 12.7. The number of methoxy groups -OCH3 is 1. The monoisotopic (exact) mass is 240 g/mol. The lowest BCUT2D eigenvalue weighted by Gasteiger charge is -2.07. The van der Waals surface area contributed by atoms with E-state index in [2.05, 4.69) is 0 Å². The minimum Gasteiger partial charge on any atom is -0.488 e. The van der Waals surface area contributed by atoms with Crippen molar-refractivity contribution in [2.24, 2.45) is 0 Å². The molecule has 0 N–H and O–H groups in total. The van der Waals surface area contributed by atoms with Crippen molar-refractivity contribution < 1.29 is 18.7 Å². The minimum atomic E-state index is -0.511. The van der Waals surface area contributed by atoms with Crippen LogP contribution in [0.5, 0.6) is 5.75 Å². The SMILES string of the molecule is CCCC(=O)c1ccc(OCCOC)c(F)c1. The van der Waals surface area contributed by atoms with Crippen molar-refractivity contribution in [1.29, 1.82) is 0 Å². The highest BCUT2D eigenvalue weighted by Gasteiger charge is 2.09. The number of hydrogen-bond donors (Lipinski definition) is 0. The Kier molecular flexibility index (Phi) is 5.63. The van der Waals surface area contributed by atoms with Crippen LogP contribution in [0.2, 0.25) is 0 Å². The lowest BCUT2D eigenvalue weighted by molar-refractivity contribution is 0.0981. The van der Waals surface area contributed by atoms with Gasteiger partial charge in [-0.3, -0.25) is 4.79 Å². The van der Waals surface area contributed by atoms with Gasteiger partial charge in [-0.15, -0.1) is 0 Å². The maximum atomic E-state index is 13.6. The Morgan fingerprint density at radius 3 is 2.71 bits per heavy atom. The van der Waals surface area contributed by atoms with E-state index in [0.29, 0.717) is 18.6 Å². The van der Waals surface area contributed by atoms with Crippen LogP contribution in [-0.2, 0) is 4.74 Å². The largest absolute Gasteiger partial charge is 0.488 e. The fourth-order valence-corrected chi connectivity index (χ4v) is 1.40. The number of ether oxygens (including phenoxy) is 2. The Morgan fingerprint density at radius 2 is 2.12 bits per heavy atom. The summed E-state index contributed by atoms with van der Waals surface area (Å²) >= 11 is 0. The van der Waals surface area contributed by atoms with Gasteiger partial charge in [-0.05, 0) is 24.6 Å². The normalized spacial score (nSPS) is 10.3. The Morgan fingerprint density at radius 1 is 1.35 bits per heavy atom. The Hall–Kier alpha value is -1.42. The third-order valence-electron chi connectivity index (χ3n) is 2.28. The zero-order valence-electron chi connectivity index (χ0n) is 10.2. The molecule has 1 rings (SSSR count). The first-order chi connectivity index (χ1) is 8.19. The molecule has 0 atom stereocenters. The quantitative estimate of drug-likeness (QED) is 0.543. The molecule has 0 aliphatic heterocycles. The van der Waals surface area contributed by atoms with Gasteiger partial charge in [0.1, 0.15) is 6.61 Å². The molecule has 1 aromatic rings. The van der Waals surface area contributed by atoms with Crippen LogP contribution in [0.1, 0.15) is 30.1 Å². The zero-order valence-corrected chi connectivity index (χ0v) is 10.2. The van der Waals surface area contributed by atoms with Crippen LogP contribution in [0.4, 0.5) is 4.39 Å². The standard InChI is InChI=1S/C13H17FO3/c1-3-4-12(15)10-5-6-13(11(14)9-10)17-8-7-16-2/h5-6,9H,3-4,7-8H2,1-2H3. The first-order valence-corrected chi connectivity index (χ1v) is 5.63. The molecule has 17 heavy (non-hydrogen) atoms. The Bertz CT molecular complexity index is 377. The van der Waals surface area contributed by atoms with E-state index in [1.807, 2.05) is 6.92 Å². The van der Waals surface area contributed by atoms with E-state index < -0.39 is 5.82 Å². The summed E-state index contributed by atoms with van der Waals surface area (Å²) in [4.78, 5) is 11.5. The van der Waals surface area contributed by atoms with Gasteiger partial charge in [0.05, 0.1) is 6.61 Å². The first kappa shape index (κ1) is 13.6. The molecule has 4 heteroatoms. The summed E-state index contributed by atoms with van der Waals surface area (Å²) in [5, 5.41) is 0. The molecule has 0 unspecified atom stereocenters. The highest BCUT2D eigenvalue weighted by atomic mass is 19.1. The fraction of sp³-hybridized carbons (Fsp3) is 0.462. The van der Waals surface area contributed by atoms with Crippen LogP contribution < -0.4 is 4.74 Å². The van der Waals surface area contributed by atoms with Crippen molar-refractivity contribution in [1.82, 2.24) is 0 Å². The van der Waals surface area contributed by atoms with Gasteiger partial charge >= 0.3 is 0 Å². The highest BCUT2D eigenvalue weighted by molar-refractivity contribution is 5.96. The molecule has 94 valence electrons. The maximum absolute atomic E-state index is 13.6. The Labute approximate surface area is 101 Å². The molecule has 0 bridgehead atoms. The summed E-state index contributed by atoms with van der Waals surface area (Å²) in [7, 11) is 1.55. The van der Waals surface area contributed by atoms with Crippen LogP contribution in [0.25, 0.3) is 0 Å². The average molecular weight is 240 g/mol. The van der Waals surface area contributed by atoms with Gasteiger partial charge < -0.3 is 9.47 Å². The molecular formula is C13H17FO3. The number of halogens is 1. The van der Waals surface area contributed by atoms with Crippen molar-refractivity contribution >= 4 is 5.78 Å². The van der Waals surface area contributed by atoms with Crippen LogP contribution in [-0.4, -0.2) is 26.1 Å². The molecular weight excluding hydrogens is 223 g/mol. The maximum Gasteiger partial charge on any atom is 0.165 e. The van der Waals surface area contributed by atoms with E-state index in [1.54, 1.807) is 13.2 Å². The first-order valence-electron chi connectivity index (χ1n) is 5.63. The summed E-state index contributed by atoms with van der Waals surface area (Å²) < 4.78 is 23.5. The molecule has 0 aliphatic rings. The van der Waals surface area contributed by atoms with Gasteiger partial charge in [0.15, 0.2) is 17.3 Å². The molecule has 0 aromatic heterocycles. The molecule has 0 amide bonds. The summed E-state index contributed by atoms with van der Waals surface area (Å²) in [6, 6.07) is 4.29. The average Bonchev–Trinajstić information content (AvgIpc) is 2.31.